The smallest absolute Gasteiger partial charge is 0.237 e. The second-order valence-corrected chi connectivity index (χ2v) is 10.6. The summed E-state index contributed by atoms with van der Waals surface area (Å²) >= 11 is 5.21. The lowest BCUT2D eigenvalue weighted by Gasteiger charge is -2.14. The lowest BCUT2D eigenvalue weighted by molar-refractivity contribution is 0.625. The molecule has 8 aromatic rings. The van der Waals surface area contributed by atoms with Crippen molar-refractivity contribution in [2.45, 2.75) is 0 Å². The van der Waals surface area contributed by atoms with Gasteiger partial charge in [0.1, 0.15) is 5.52 Å². The molecule has 0 spiro atoms. The minimum atomic E-state index is 0.626. The molecule has 1 N–H and O–H groups in total. The minimum Gasteiger partial charge on any atom is -0.435 e. The SMILES string of the molecule is Brc1ccc(-c2c3c(ccc4[nH]ncc43)nc3c4ccccc4c4nc(-c5cccs5)oc4c23)cc1. The number of nitrogens with one attached hydrogen (secondary N) is 1. The van der Waals surface area contributed by atoms with Crippen LogP contribution in [0.5, 0.6) is 0 Å². The van der Waals surface area contributed by atoms with Crippen LogP contribution in [0.1, 0.15) is 0 Å². The van der Waals surface area contributed by atoms with Crippen LogP contribution in [0.2, 0.25) is 0 Å². The van der Waals surface area contributed by atoms with Crippen molar-refractivity contribution in [3.8, 4) is 21.9 Å². The fourth-order valence-electron chi connectivity index (χ4n) is 5.18. The first-order valence-corrected chi connectivity index (χ1v) is 13.1. The predicted octanol–water partition coefficient (Wildman–Crippen LogP) is 8.72. The number of pyridine rings is 1. The average Bonchev–Trinajstić information content (AvgIpc) is 3.68. The van der Waals surface area contributed by atoms with Gasteiger partial charge >= 0.3 is 0 Å². The number of hydrogen-bond donors (Lipinski definition) is 1. The summed E-state index contributed by atoms with van der Waals surface area (Å²) in [5.74, 6) is 0.626. The molecular weight excluding hydrogens is 532 g/mol. The molecule has 0 aliphatic carbocycles. The summed E-state index contributed by atoms with van der Waals surface area (Å²) in [6, 6.07) is 24.9. The van der Waals surface area contributed by atoms with Gasteiger partial charge in [0.15, 0.2) is 5.58 Å². The third kappa shape index (κ3) is 2.78. The van der Waals surface area contributed by atoms with Crippen LogP contribution in [0.4, 0.5) is 0 Å². The molecule has 7 heteroatoms. The van der Waals surface area contributed by atoms with E-state index in [0.717, 1.165) is 75.1 Å². The molecule has 8 rings (SSSR count). The molecule has 0 radical (unpaired) electrons. The van der Waals surface area contributed by atoms with E-state index in [4.69, 9.17) is 14.4 Å². The molecule has 170 valence electrons. The molecule has 0 saturated heterocycles. The summed E-state index contributed by atoms with van der Waals surface area (Å²) in [5.41, 5.74) is 6.53. The number of nitrogens with zero attached hydrogens (tertiary/aromatic N) is 3. The number of halogens is 1. The van der Waals surface area contributed by atoms with Gasteiger partial charge in [-0.1, -0.05) is 58.4 Å². The lowest BCUT2D eigenvalue weighted by atomic mass is 9.92. The number of rotatable bonds is 2. The molecule has 0 bridgehead atoms. The second kappa shape index (κ2) is 7.46. The van der Waals surface area contributed by atoms with Crippen LogP contribution in [0, 0.1) is 0 Å². The lowest BCUT2D eigenvalue weighted by Crippen LogP contribution is -1.92. The molecule has 4 aromatic carbocycles. The Labute approximate surface area is 216 Å². The summed E-state index contributed by atoms with van der Waals surface area (Å²) in [6.45, 7) is 0. The first-order valence-electron chi connectivity index (χ1n) is 11.5. The van der Waals surface area contributed by atoms with Gasteiger partial charge < -0.3 is 4.42 Å². The fraction of sp³-hybridized carbons (Fsp3) is 0. The highest BCUT2D eigenvalue weighted by atomic mass is 79.9. The van der Waals surface area contributed by atoms with Crippen LogP contribution in [0.15, 0.2) is 93.3 Å². The standard InChI is InChI=1S/C29H15BrN4OS/c30-16-9-7-15(8-10-16)23-24-19-14-31-34-20(19)11-12-21(24)32-26-17-4-1-2-5-18(17)27-28(25(23)26)35-29(33-27)22-6-3-13-36-22/h1-14H,(H,31,34). The average molecular weight is 547 g/mol. The molecule has 0 fully saturated rings. The van der Waals surface area contributed by atoms with Gasteiger partial charge in [0.05, 0.1) is 33.0 Å². The van der Waals surface area contributed by atoms with Crippen molar-refractivity contribution in [3.05, 3.63) is 88.8 Å². The maximum atomic E-state index is 6.59. The van der Waals surface area contributed by atoms with Crippen molar-refractivity contribution in [2.75, 3.05) is 0 Å². The van der Waals surface area contributed by atoms with E-state index in [1.54, 1.807) is 11.3 Å². The van der Waals surface area contributed by atoms with Gasteiger partial charge in [-0.3, -0.25) is 5.10 Å². The summed E-state index contributed by atoms with van der Waals surface area (Å²) in [4.78, 5) is 11.2. The maximum Gasteiger partial charge on any atom is 0.237 e. The van der Waals surface area contributed by atoms with Gasteiger partial charge in [0.2, 0.25) is 5.89 Å². The van der Waals surface area contributed by atoms with Crippen molar-refractivity contribution in [3.63, 3.8) is 0 Å². The molecule has 0 saturated carbocycles. The zero-order valence-electron chi connectivity index (χ0n) is 18.6. The first-order chi connectivity index (χ1) is 17.8. The number of aromatic nitrogens is 4. The zero-order chi connectivity index (χ0) is 23.8. The summed E-state index contributed by atoms with van der Waals surface area (Å²) in [7, 11) is 0. The van der Waals surface area contributed by atoms with Gasteiger partial charge in [-0.05, 0) is 41.3 Å². The molecule has 5 nitrogen and oxygen atoms in total. The number of fused-ring (bicyclic) bond motifs is 9. The predicted molar refractivity (Wildman–Crippen MR) is 150 cm³/mol. The monoisotopic (exact) mass is 546 g/mol. The third-order valence-corrected chi connectivity index (χ3v) is 8.11. The van der Waals surface area contributed by atoms with Crippen molar-refractivity contribution in [1.82, 2.24) is 20.2 Å². The van der Waals surface area contributed by atoms with E-state index in [1.165, 1.54) is 0 Å². The van der Waals surface area contributed by atoms with E-state index < -0.39 is 0 Å². The Morgan fingerprint density at radius 1 is 0.778 bits per heavy atom. The molecular formula is C29H15BrN4OS. The Kier molecular flexibility index (Phi) is 4.18. The summed E-state index contributed by atoms with van der Waals surface area (Å²) < 4.78 is 7.61. The topological polar surface area (TPSA) is 67.6 Å². The third-order valence-electron chi connectivity index (χ3n) is 6.73. The molecule has 0 amide bonds. The van der Waals surface area contributed by atoms with E-state index >= 15 is 0 Å². The van der Waals surface area contributed by atoms with Crippen molar-refractivity contribution in [2.24, 2.45) is 0 Å². The number of hydrogen-bond acceptors (Lipinski definition) is 5. The van der Waals surface area contributed by atoms with Crippen LogP contribution in [0.3, 0.4) is 0 Å². The highest BCUT2D eigenvalue weighted by Crippen LogP contribution is 2.45. The van der Waals surface area contributed by atoms with E-state index in [-0.39, 0.29) is 0 Å². The number of aromatic amines is 1. The molecule has 4 heterocycles. The van der Waals surface area contributed by atoms with E-state index in [1.807, 2.05) is 35.8 Å². The Balaban J connectivity index is 1.68. The highest BCUT2D eigenvalue weighted by molar-refractivity contribution is 9.10. The normalized spacial score (nSPS) is 12.0. The van der Waals surface area contributed by atoms with E-state index in [2.05, 4.69) is 74.7 Å². The molecule has 4 aromatic heterocycles. The van der Waals surface area contributed by atoms with Crippen LogP contribution in [-0.4, -0.2) is 20.2 Å². The molecule has 0 aliphatic heterocycles. The van der Waals surface area contributed by atoms with Crippen molar-refractivity contribution >= 4 is 81.8 Å². The van der Waals surface area contributed by atoms with E-state index in [0.29, 0.717) is 5.89 Å². The Morgan fingerprint density at radius 2 is 1.61 bits per heavy atom. The van der Waals surface area contributed by atoms with Gasteiger partial charge in [-0.2, -0.15) is 5.10 Å². The molecule has 0 atom stereocenters. The second-order valence-electron chi connectivity index (χ2n) is 8.73. The van der Waals surface area contributed by atoms with Gasteiger partial charge in [-0.25, -0.2) is 9.97 Å². The van der Waals surface area contributed by atoms with Crippen molar-refractivity contribution in [1.29, 1.82) is 0 Å². The van der Waals surface area contributed by atoms with Crippen LogP contribution < -0.4 is 0 Å². The van der Waals surface area contributed by atoms with E-state index in [9.17, 15) is 0 Å². The number of H-pyrrole nitrogens is 1. The summed E-state index contributed by atoms with van der Waals surface area (Å²) in [6.07, 6.45) is 1.88. The van der Waals surface area contributed by atoms with Crippen molar-refractivity contribution < 1.29 is 4.42 Å². The van der Waals surface area contributed by atoms with Gasteiger partial charge in [0.25, 0.3) is 0 Å². The number of thiophene rings is 1. The summed E-state index contributed by atoms with van der Waals surface area (Å²) in [5, 5.41) is 14.6. The first kappa shape index (κ1) is 20.2. The number of oxazole rings is 1. The zero-order valence-corrected chi connectivity index (χ0v) is 21.0. The Bertz CT molecular complexity index is 2110. The molecule has 0 aliphatic rings. The highest BCUT2D eigenvalue weighted by Gasteiger charge is 2.23. The fourth-order valence-corrected chi connectivity index (χ4v) is 6.09. The Morgan fingerprint density at radius 3 is 2.42 bits per heavy atom. The molecule has 0 unspecified atom stereocenters. The Hall–Kier alpha value is -4.07. The maximum absolute atomic E-state index is 6.59. The van der Waals surface area contributed by atoms with Crippen LogP contribution in [-0.2, 0) is 0 Å². The van der Waals surface area contributed by atoms with Gasteiger partial charge in [-0.15, -0.1) is 11.3 Å². The van der Waals surface area contributed by atoms with Crippen LogP contribution in [0.25, 0.3) is 76.5 Å². The minimum absolute atomic E-state index is 0.626. The van der Waals surface area contributed by atoms with Gasteiger partial charge in [0, 0.05) is 31.6 Å². The van der Waals surface area contributed by atoms with Crippen LogP contribution >= 0.6 is 27.3 Å². The largest absolute Gasteiger partial charge is 0.435 e. The number of benzene rings is 4. The molecule has 36 heavy (non-hydrogen) atoms. The quantitative estimate of drug-likeness (QED) is 0.174.